The van der Waals surface area contributed by atoms with Crippen LogP contribution in [-0.4, -0.2) is 44.8 Å². The minimum atomic E-state index is -0.954. The quantitative estimate of drug-likeness (QED) is 0.692. The van der Waals surface area contributed by atoms with Gasteiger partial charge in [0.1, 0.15) is 0 Å². The highest BCUT2D eigenvalue weighted by atomic mass is 32.2. The predicted molar refractivity (Wildman–Crippen MR) is 53.4 cm³/mol. The van der Waals surface area contributed by atoms with Gasteiger partial charge < -0.3 is 5.11 Å². The van der Waals surface area contributed by atoms with Gasteiger partial charge in [-0.25, -0.2) is 0 Å². The number of carbonyl (C=O) groups excluding carboxylic acids is 2. The van der Waals surface area contributed by atoms with E-state index in [0.717, 1.165) is 24.6 Å². The van der Waals surface area contributed by atoms with Crippen LogP contribution in [0, 0.1) is 0 Å². The fourth-order valence-electron chi connectivity index (χ4n) is 1.64. The maximum absolute atomic E-state index is 11.7. The number of thioether (sulfide) groups is 1. The third kappa shape index (κ3) is 2.14. The lowest BCUT2D eigenvalue weighted by Gasteiger charge is -2.12. The van der Waals surface area contributed by atoms with Gasteiger partial charge >= 0.3 is 5.97 Å². The van der Waals surface area contributed by atoms with Crippen LogP contribution in [0.25, 0.3) is 0 Å². The summed E-state index contributed by atoms with van der Waals surface area (Å²) in [5.74, 6) is -1.42. The summed E-state index contributed by atoms with van der Waals surface area (Å²) in [6.45, 7) is 0. The van der Waals surface area contributed by atoms with Crippen LogP contribution in [0.15, 0.2) is 0 Å². The van der Waals surface area contributed by atoms with E-state index in [2.05, 4.69) is 0 Å². The number of likely N-dealkylation sites (tertiary alicyclic amines) is 1. The Kier molecular flexibility index (Phi) is 2.68. The lowest BCUT2D eigenvalue weighted by Crippen LogP contribution is -2.33. The van der Waals surface area contributed by atoms with E-state index >= 15 is 0 Å². The average molecular weight is 229 g/mol. The van der Waals surface area contributed by atoms with Crippen LogP contribution in [-0.2, 0) is 14.4 Å². The number of carboxylic acids is 1. The second-order valence-electron chi connectivity index (χ2n) is 3.73. The first kappa shape index (κ1) is 10.5. The summed E-state index contributed by atoms with van der Waals surface area (Å²) in [4.78, 5) is 34.8. The summed E-state index contributed by atoms with van der Waals surface area (Å²) < 4.78 is 0. The third-order valence-electron chi connectivity index (χ3n) is 2.46. The van der Waals surface area contributed by atoms with Crippen LogP contribution in [0.4, 0.5) is 0 Å². The monoisotopic (exact) mass is 229 g/mol. The first-order chi connectivity index (χ1) is 7.09. The van der Waals surface area contributed by atoms with Gasteiger partial charge in [-0.1, -0.05) is 0 Å². The van der Waals surface area contributed by atoms with Gasteiger partial charge in [-0.05, 0) is 12.8 Å². The number of amides is 2. The van der Waals surface area contributed by atoms with E-state index < -0.39 is 11.2 Å². The molecular weight excluding hydrogens is 218 g/mol. The molecule has 1 saturated heterocycles. The van der Waals surface area contributed by atoms with Crippen LogP contribution in [0.3, 0.4) is 0 Å². The molecule has 6 heteroatoms. The molecule has 82 valence electrons. The normalized spacial score (nSPS) is 26.1. The number of hydrogen-bond donors (Lipinski definition) is 1. The molecule has 2 amide bonds. The molecule has 2 rings (SSSR count). The minimum absolute atomic E-state index is 0.0976. The molecule has 1 aliphatic carbocycles. The molecule has 0 bridgehead atoms. The molecule has 1 aliphatic heterocycles. The van der Waals surface area contributed by atoms with E-state index in [9.17, 15) is 14.4 Å². The van der Waals surface area contributed by atoms with E-state index in [1.165, 1.54) is 4.90 Å². The Hall–Kier alpha value is -1.04. The van der Waals surface area contributed by atoms with Crippen molar-refractivity contribution >= 4 is 29.5 Å². The molecule has 1 heterocycles. The Morgan fingerprint density at radius 2 is 2.13 bits per heavy atom. The van der Waals surface area contributed by atoms with Crippen LogP contribution in [0.2, 0.25) is 0 Å². The summed E-state index contributed by atoms with van der Waals surface area (Å²) in [6, 6.07) is 0.0976. The number of carbonyl (C=O) groups is 3. The predicted octanol–water partition coefficient (Wildman–Crippen LogP) is 0.0941. The van der Waals surface area contributed by atoms with Crippen molar-refractivity contribution < 1.29 is 19.5 Å². The van der Waals surface area contributed by atoms with Gasteiger partial charge in [-0.15, -0.1) is 11.8 Å². The fourth-order valence-corrected chi connectivity index (χ4v) is 2.50. The minimum Gasteiger partial charge on any atom is -0.481 e. The van der Waals surface area contributed by atoms with Crippen LogP contribution in [0.5, 0.6) is 0 Å². The first-order valence-electron chi connectivity index (χ1n) is 4.79. The molecule has 2 aliphatic rings. The van der Waals surface area contributed by atoms with E-state index in [0.29, 0.717) is 0 Å². The third-order valence-corrected chi connectivity index (χ3v) is 3.65. The summed E-state index contributed by atoms with van der Waals surface area (Å²) in [5, 5.41) is 8.01. The Morgan fingerprint density at radius 1 is 1.47 bits per heavy atom. The molecule has 5 nitrogen and oxygen atoms in total. The molecule has 1 unspecified atom stereocenters. The van der Waals surface area contributed by atoms with Gasteiger partial charge in [0.2, 0.25) is 11.8 Å². The highest BCUT2D eigenvalue weighted by molar-refractivity contribution is 8.01. The topological polar surface area (TPSA) is 74.7 Å². The van der Waals surface area contributed by atoms with Crippen molar-refractivity contribution in [2.45, 2.75) is 30.6 Å². The summed E-state index contributed by atoms with van der Waals surface area (Å²) in [7, 11) is 0. The van der Waals surface area contributed by atoms with Crippen molar-refractivity contribution in [3.8, 4) is 0 Å². The molecular formula is C9H11NO4S. The maximum Gasteiger partial charge on any atom is 0.313 e. The molecule has 1 saturated carbocycles. The highest BCUT2D eigenvalue weighted by Gasteiger charge is 2.46. The Balaban J connectivity index is 1.95. The maximum atomic E-state index is 11.7. The lowest BCUT2D eigenvalue weighted by atomic mass is 10.4. The van der Waals surface area contributed by atoms with Crippen molar-refractivity contribution in [1.82, 2.24) is 4.90 Å². The molecule has 0 aromatic rings. The largest absolute Gasteiger partial charge is 0.481 e. The van der Waals surface area contributed by atoms with Gasteiger partial charge in [-0.3, -0.25) is 19.3 Å². The Morgan fingerprint density at radius 3 is 2.67 bits per heavy atom. The van der Waals surface area contributed by atoms with Crippen LogP contribution >= 0.6 is 11.8 Å². The zero-order valence-electron chi connectivity index (χ0n) is 8.01. The number of rotatable bonds is 4. The first-order valence-corrected chi connectivity index (χ1v) is 5.84. The van der Waals surface area contributed by atoms with Crippen molar-refractivity contribution in [1.29, 1.82) is 0 Å². The van der Waals surface area contributed by atoms with Crippen LogP contribution < -0.4 is 0 Å². The summed E-state index contributed by atoms with van der Waals surface area (Å²) in [5.41, 5.74) is 0. The molecule has 2 fully saturated rings. The van der Waals surface area contributed by atoms with E-state index in [1.54, 1.807) is 0 Å². The smallest absolute Gasteiger partial charge is 0.313 e. The molecule has 0 aromatic carbocycles. The molecule has 15 heavy (non-hydrogen) atoms. The number of hydrogen-bond acceptors (Lipinski definition) is 4. The second-order valence-corrected chi connectivity index (χ2v) is 4.92. The standard InChI is InChI=1S/C9H11NO4S/c11-7-3-6(15-4-8(12)13)9(14)10(7)5-1-2-5/h5-6H,1-4H2,(H,12,13). The summed E-state index contributed by atoms with van der Waals surface area (Å²) >= 11 is 1.04. The number of carboxylic acid groups (broad SMARTS) is 1. The molecule has 0 spiro atoms. The van der Waals surface area contributed by atoms with E-state index in [-0.39, 0.29) is 30.0 Å². The fraction of sp³-hybridized carbons (Fsp3) is 0.667. The van der Waals surface area contributed by atoms with Crippen LogP contribution in [0.1, 0.15) is 19.3 Å². The number of aliphatic carboxylic acids is 1. The summed E-state index contributed by atoms with van der Waals surface area (Å²) in [6.07, 6.45) is 1.95. The Labute approximate surface area is 90.8 Å². The zero-order chi connectivity index (χ0) is 11.0. The molecule has 0 radical (unpaired) electrons. The second kappa shape index (κ2) is 3.84. The van der Waals surface area contributed by atoms with Crippen molar-refractivity contribution in [2.24, 2.45) is 0 Å². The van der Waals surface area contributed by atoms with Gasteiger partial charge in [0.25, 0.3) is 0 Å². The van der Waals surface area contributed by atoms with Gasteiger partial charge in [0.15, 0.2) is 0 Å². The van der Waals surface area contributed by atoms with Crippen molar-refractivity contribution in [2.75, 3.05) is 5.75 Å². The average Bonchev–Trinajstić information content (AvgIpc) is 2.92. The number of imide groups is 1. The van der Waals surface area contributed by atoms with Gasteiger partial charge in [0, 0.05) is 12.5 Å². The van der Waals surface area contributed by atoms with E-state index in [1.807, 2.05) is 0 Å². The van der Waals surface area contributed by atoms with Crippen molar-refractivity contribution in [3.05, 3.63) is 0 Å². The molecule has 0 aromatic heterocycles. The van der Waals surface area contributed by atoms with Gasteiger partial charge in [-0.2, -0.15) is 0 Å². The number of nitrogens with zero attached hydrogens (tertiary/aromatic N) is 1. The molecule has 1 N–H and O–H groups in total. The molecule has 1 atom stereocenters. The zero-order valence-corrected chi connectivity index (χ0v) is 8.83. The lowest BCUT2D eigenvalue weighted by molar-refractivity contribution is -0.139. The SMILES string of the molecule is O=C(O)CSC1CC(=O)N(C2CC2)C1=O. The van der Waals surface area contributed by atoms with Crippen molar-refractivity contribution in [3.63, 3.8) is 0 Å². The Bertz CT molecular complexity index is 326. The van der Waals surface area contributed by atoms with E-state index in [4.69, 9.17) is 5.11 Å². The van der Waals surface area contributed by atoms with Gasteiger partial charge in [0.05, 0.1) is 11.0 Å². The highest BCUT2D eigenvalue weighted by Crippen LogP contribution is 2.34.